The van der Waals surface area contributed by atoms with Crippen LogP contribution in [-0.2, 0) is 0 Å². The Hall–Kier alpha value is -19.1. The van der Waals surface area contributed by atoms with Gasteiger partial charge in [0, 0.05) is 116 Å². The molecule has 0 aliphatic heterocycles. The second kappa shape index (κ2) is 34.3. The standard InChI is InChI=1S/C41H25N5O.C40H24N6O.C37H21N5O/c1-4-10-27(11-5-1)35-25-36(44-41(43-35)30-14-8-3-9-15-30)28-18-16-26(17-19-28)31-20-21-32-37(24-31)42-39(29-12-6-2-7-13-29)33-22-23-34-40(38(32)33)46-47-45-34;1-2-8-27(9-3-1)39-31-18-19-34-40(46-47-45-34)38(31)30-17-16-28(22-35(30)44-39)25-12-14-26(15-13-25)29-23-36(32-10-4-6-20-41-32)43-37(24-29)33-11-5-7-21-42-33;1-3-7-22(8-4-1)29-18-14-24-11-12-25-15-19-30(39-36(25)35(24)38-29)26-13-16-27-32(21-26)40-34(23-9-5-2-6-10-23)28-17-20-31-37(33(27)28)42-43-41-31/h1-25H;1-24H;1-21H. The van der Waals surface area contributed by atoms with Crippen molar-refractivity contribution in [2.75, 3.05) is 0 Å². The first-order chi connectivity index (χ1) is 67.9. The van der Waals surface area contributed by atoms with Crippen molar-refractivity contribution in [2.45, 2.75) is 0 Å². The van der Waals surface area contributed by atoms with E-state index in [1.165, 1.54) is 0 Å². The Morgan fingerprint density at radius 3 is 0.861 bits per heavy atom. The number of hydrogen-bond donors (Lipinski definition) is 0. The quantitative estimate of drug-likeness (QED) is 0.0973. The number of pyridine rings is 8. The summed E-state index contributed by atoms with van der Waals surface area (Å²) in [5.74, 6) is 0.699. The fourth-order valence-electron chi connectivity index (χ4n) is 18.4. The molecule has 0 aliphatic carbocycles. The van der Waals surface area contributed by atoms with Crippen LogP contribution in [0.3, 0.4) is 0 Å². The van der Waals surface area contributed by atoms with Gasteiger partial charge in [0.1, 0.15) is 33.1 Å². The van der Waals surface area contributed by atoms with Gasteiger partial charge in [0.2, 0.25) is 0 Å². The summed E-state index contributed by atoms with van der Waals surface area (Å²) >= 11 is 0. The van der Waals surface area contributed by atoms with Crippen molar-refractivity contribution in [3.8, 4) is 146 Å². The topological polar surface area (TPSA) is 246 Å². The van der Waals surface area contributed by atoms with Crippen LogP contribution >= 0.6 is 0 Å². The summed E-state index contributed by atoms with van der Waals surface area (Å²) in [6.45, 7) is 0. The van der Waals surface area contributed by atoms with Crippen LogP contribution in [-0.4, -0.2) is 80.8 Å². The molecule has 0 saturated heterocycles. The van der Waals surface area contributed by atoms with Crippen molar-refractivity contribution in [2.24, 2.45) is 0 Å². The SMILES string of the molecule is c1ccc(-c2cc(-c3ccc(-c4ccc5c(c4)nc(-c4ccccc4)c4ccc6nonc6c45)cc3)nc(-c3ccccc3)n2)cc1.c1ccc(-c2ccc3ccc4ccc(-c5ccc6c(c5)nc(-c5ccccc5)c5ccc7nonc7c56)nc4c3n2)cc1.c1ccc(-c2nc3cc(-c4ccc(-c5cc(-c6ccccn6)nc(-c6ccccn6)c5)cc4)ccc3c3c2ccc2nonc23)cc1. The van der Waals surface area contributed by atoms with Crippen LogP contribution < -0.4 is 0 Å². The Morgan fingerprint density at radius 2 is 0.467 bits per heavy atom. The van der Waals surface area contributed by atoms with Crippen LogP contribution in [0.1, 0.15) is 0 Å². The van der Waals surface area contributed by atoms with Crippen molar-refractivity contribution < 1.29 is 13.9 Å². The fraction of sp³-hybridized carbons (Fsp3) is 0. The maximum absolute atomic E-state index is 5.20. The summed E-state index contributed by atoms with van der Waals surface area (Å²) in [7, 11) is 0. The minimum absolute atomic E-state index is 0.699. The summed E-state index contributed by atoms with van der Waals surface area (Å²) in [5.41, 5.74) is 32.8. The molecule has 12 heterocycles. The molecule has 27 rings (SSSR count). The van der Waals surface area contributed by atoms with Gasteiger partial charge in [0.15, 0.2) is 5.82 Å². The maximum atomic E-state index is 5.20. The van der Waals surface area contributed by atoms with Gasteiger partial charge in [-0.25, -0.2) is 53.8 Å². The van der Waals surface area contributed by atoms with Crippen LogP contribution in [0, 0.1) is 0 Å². The van der Waals surface area contributed by atoms with E-state index in [0.29, 0.717) is 11.3 Å². The molecule has 0 fully saturated rings. The van der Waals surface area contributed by atoms with Crippen molar-refractivity contribution in [1.29, 1.82) is 0 Å². The second-order valence-corrected chi connectivity index (χ2v) is 33.4. The zero-order valence-corrected chi connectivity index (χ0v) is 72.8. The van der Waals surface area contributed by atoms with Gasteiger partial charge in [-0.15, -0.1) is 0 Å². The number of nitrogens with zero attached hydrogens (tertiary/aromatic N) is 16. The molecule has 0 bridgehead atoms. The van der Waals surface area contributed by atoms with Crippen LogP contribution in [0.5, 0.6) is 0 Å². The predicted molar refractivity (Wildman–Crippen MR) is 544 cm³/mol. The molecule has 0 spiro atoms. The molecule has 19 nitrogen and oxygen atoms in total. The van der Waals surface area contributed by atoms with Crippen molar-refractivity contribution in [3.63, 3.8) is 0 Å². The Kier molecular flexibility index (Phi) is 20.0. The van der Waals surface area contributed by atoms with Gasteiger partial charge in [0.25, 0.3) is 0 Å². The van der Waals surface area contributed by atoms with E-state index in [1.54, 1.807) is 12.4 Å². The van der Waals surface area contributed by atoms with Crippen molar-refractivity contribution >= 4 is 120 Å². The van der Waals surface area contributed by atoms with E-state index in [1.807, 2.05) is 176 Å². The van der Waals surface area contributed by atoms with Gasteiger partial charge in [-0.3, -0.25) is 9.97 Å². The van der Waals surface area contributed by atoms with Gasteiger partial charge in [-0.1, -0.05) is 303 Å². The zero-order valence-electron chi connectivity index (χ0n) is 72.8. The van der Waals surface area contributed by atoms with Gasteiger partial charge >= 0.3 is 0 Å². The lowest BCUT2D eigenvalue weighted by molar-refractivity contribution is 0.316. The van der Waals surface area contributed by atoms with Gasteiger partial charge < -0.3 is 0 Å². The van der Waals surface area contributed by atoms with Crippen LogP contribution in [0.25, 0.3) is 266 Å². The first kappa shape index (κ1) is 80.0. The van der Waals surface area contributed by atoms with E-state index in [-0.39, 0.29) is 0 Å². The average Bonchev–Trinajstić information content (AvgIpc) is 1.62. The maximum Gasteiger partial charge on any atom is 0.160 e. The van der Waals surface area contributed by atoms with E-state index in [0.717, 1.165) is 255 Å². The van der Waals surface area contributed by atoms with E-state index in [2.05, 4.69) is 277 Å². The monoisotopic (exact) mass is 1760 g/mol. The Bertz CT molecular complexity index is 8840. The molecule has 0 atom stereocenters. The van der Waals surface area contributed by atoms with Crippen molar-refractivity contribution in [1.82, 2.24) is 80.8 Å². The van der Waals surface area contributed by atoms with Crippen LogP contribution in [0.15, 0.2) is 439 Å². The third-order valence-electron chi connectivity index (χ3n) is 25.1. The lowest BCUT2D eigenvalue weighted by Gasteiger charge is -2.12. The third kappa shape index (κ3) is 15.1. The molecule has 0 amide bonds. The predicted octanol–water partition coefficient (Wildman–Crippen LogP) is 28.5. The molecule has 137 heavy (non-hydrogen) atoms. The lowest BCUT2D eigenvalue weighted by atomic mass is 9.95. The van der Waals surface area contributed by atoms with E-state index in [4.69, 9.17) is 53.8 Å². The summed E-state index contributed by atoms with van der Waals surface area (Å²) in [6, 6.07) is 140. The normalized spacial score (nSPS) is 11.5. The van der Waals surface area contributed by atoms with E-state index >= 15 is 0 Å². The van der Waals surface area contributed by atoms with Crippen LogP contribution in [0.4, 0.5) is 0 Å². The first-order valence-corrected chi connectivity index (χ1v) is 44.8. The minimum atomic E-state index is 0.699. The molecule has 15 aromatic carbocycles. The van der Waals surface area contributed by atoms with E-state index in [9.17, 15) is 0 Å². The highest BCUT2D eigenvalue weighted by molar-refractivity contribution is 6.24. The summed E-state index contributed by atoms with van der Waals surface area (Å²) in [5, 5.41) is 36.2. The molecule has 12 aromatic heterocycles. The minimum Gasteiger partial charge on any atom is -0.255 e. The summed E-state index contributed by atoms with van der Waals surface area (Å²) < 4.78 is 15.4. The van der Waals surface area contributed by atoms with Crippen LogP contribution in [0.2, 0.25) is 0 Å². The van der Waals surface area contributed by atoms with Crippen molar-refractivity contribution in [3.05, 3.63) is 425 Å². The van der Waals surface area contributed by atoms with Gasteiger partial charge in [-0.05, 0) is 174 Å². The Labute approximate surface area is 780 Å². The molecule has 640 valence electrons. The van der Waals surface area contributed by atoms with E-state index < -0.39 is 0 Å². The molecule has 0 saturated carbocycles. The Morgan fingerprint density at radius 1 is 0.153 bits per heavy atom. The highest BCUT2D eigenvalue weighted by Gasteiger charge is 2.24. The highest BCUT2D eigenvalue weighted by Crippen LogP contribution is 2.44. The molecule has 0 N–H and O–H groups in total. The smallest absolute Gasteiger partial charge is 0.160 e. The Balaban J connectivity index is 0.000000109. The number of fused-ring (bicyclic) bond motifs is 18. The second-order valence-electron chi connectivity index (χ2n) is 33.4. The summed E-state index contributed by atoms with van der Waals surface area (Å²) in [4.78, 5) is 49.8. The lowest BCUT2D eigenvalue weighted by Crippen LogP contribution is -1.95. The highest BCUT2D eigenvalue weighted by atomic mass is 16.6. The first-order valence-electron chi connectivity index (χ1n) is 44.8. The number of rotatable bonds is 13. The molecule has 0 radical (unpaired) electrons. The number of benzene rings is 15. The summed E-state index contributed by atoms with van der Waals surface area (Å²) in [6.07, 6.45) is 3.57. The third-order valence-corrected chi connectivity index (χ3v) is 25.1. The fourth-order valence-corrected chi connectivity index (χ4v) is 18.4. The van der Waals surface area contributed by atoms with Gasteiger partial charge in [0.05, 0.1) is 90.2 Å². The largest absolute Gasteiger partial charge is 0.255 e. The molecule has 27 aromatic rings. The average molecular weight is 1760 g/mol. The molecule has 0 aliphatic rings. The molecular weight excluding hydrogens is 1690 g/mol. The number of hydrogen-bond acceptors (Lipinski definition) is 19. The number of aromatic nitrogens is 16. The van der Waals surface area contributed by atoms with Gasteiger partial charge in [-0.2, -0.15) is 0 Å². The molecular formula is C118H70N16O3. The zero-order chi connectivity index (χ0) is 90.6. The molecule has 0 unspecified atom stereocenters. The molecule has 19 heteroatoms.